The number of hydrogen-bond acceptors (Lipinski definition) is 6. The second-order valence-electron chi connectivity index (χ2n) is 5.77. The van der Waals surface area contributed by atoms with Gasteiger partial charge < -0.3 is 5.32 Å². The fraction of sp³-hybridized carbons (Fsp3) is 0.562. The normalized spacial score (nSPS) is 13.7. The van der Waals surface area contributed by atoms with Gasteiger partial charge in [-0.3, -0.25) is 4.79 Å². The summed E-state index contributed by atoms with van der Waals surface area (Å²) in [5.74, 6) is 0.716. The fourth-order valence-corrected chi connectivity index (χ4v) is 3.60. The number of amides is 1. The van der Waals surface area contributed by atoms with E-state index in [4.69, 9.17) is 0 Å². The molecule has 3 rings (SSSR count). The molecule has 2 aromatic heterocycles. The fourth-order valence-electron chi connectivity index (χ4n) is 2.94. The van der Waals surface area contributed by atoms with Crippen molar-refractivity contribution in [1.82, 2.24) is 24.9 Å². The van der Waals surface area contributed by atoms with Gasteiger partial charge in [0.1, 0.15) is 10.7 Å². The molecule has 1 amide bonds. The Balaban J connectivity index is 1.61. The summed E-state index contributed by atoms with van der Waals surface area (Å²) >= 11 is 1.15. The predicted octanol–water partition coefficient (Wildman–Crippen LogP) is 2.05. The van der Waals surface area contributed by atoms with Gasteiger partial charge in [-0.25, -0.2) is 9.97 Å². The van der Waals surface area contributed by atoms with E-state index in [-0.39, 0.29) is 5.91 Å². The smallest absolute Gasteiger partial charge is 0.264 e. The van der Waals surface area contributed by atoms with Crippen LogP contribution >= 0.6 is 11.5 Å². The molecule has 0 saturated carbocycles. The molecule has 122 valence electrons. The molecule has 1 aliphatic carbocycles. The lowest BCUT2D eigenvalue weighted by Crippen LogP contribution is -2.26. The second kappa shape index (κ2) is 7.12. The summed E-state index contributed by atoms with van der Waals surface area (Å²) in [6.45, 7) is 4.56. The van der Waals surface area contributed by atoms with Crippen LogP contribution in [0.2, 0.25) is 0 Å². The highest BCUT2D eigenvalue weighted by Crippen LogP contribution is 2.21. The minimum Gasteiger partial charge on any atom is -0.351 e. The van der Waals surface area contributed by atoms with E-state index in [1.165, 1.54) is 24.1 Å². The first-order chi connectivity index (χ1) is 11.2. The van der Waals surface area contributed by atoms with Crippen molar-refractivity contribution in [1.29, 1.82) is 0 Å². The molecule has 6 nitrogen and oxygen atoms in total. The average Bonchev–Trinajstić information content (AvgIpc) is 3.03. The molecule has 0 radical (unpaired) electrons. The van der Waals surface area contributed by atoms with E-state index < -0.39 is 0 Å². The molecule has 0 spiro atoms. The third-order valence-electron chi connectivity index (χ3n) is 4.17. The molecule has 23 heavy (non-hydrogen) atoms. The predicted molar refractivity (Wildman–Crippen MR) is 88.7 cm³/mol. The molecule has 0 saturated heterocycles. The molecule has 0 atom stereocenters. The van der Waals surface area contributed by atoms with Crippen molar-refractivity contribution in [3.63, 3.8) is 0 Å². The van der Waals surface area contributed by atoms with Crippen LogP contribution in [0.1, 0.15) is 57.9 Å². The van der Waals surface area contributed by atoms with Crippen LogP contribution in [0.25, 0.3) is 0 Å². The van der Waals surface area contributed by atoms with Gasteiger partial charge in [0.2, 0.25) is 0 Å². The summed E-state index contributed by atoms with van der Waals surface area (Å²) in [6, 6.07) is 0. The van der Waals surface area contributed by atoms with Gasteiger partial charge in [-0.1, -0.05) is 11.4 Å². The first-order valence-corrected chi connectivity index (χ1v) is 8.91. The van der Waals surface area contributed by atoms with Gasteiger partial charge in [-0.15, -0.1) is 5.10 Å². The lowest BCUT2D eigenvalue weighted by atomic mass is 9.95. The Morgan fingerprint density at radius 1 is 1.26 bits per heavy atom. The molecule has 1 N–H and O–H groups in total. The minimum atomic E-state index is -0.105. The van der Waals surface area contributed by atoms with Crippen LogP contribution in [0.4, 0.5) is 0 Å². The molecule has 0 unspecified atom stereocenters. The average molecular weight is 331 g/mol. The van der Waals surface area contributed by atoms with Crippen LogP contribution in [0, 0.1) is 6.92 Å². The van der Waals surface area contributed by atoms with Crippen molar-refractivity contribution in [2.75, 3.05) is 6.54 Å². The number of carbonyl (C=O) groups excluding carboxylic acids is 1. The van der Waals surface area contributed by atoms with E-state index in [0.29, 0.717) is 24.3 Å². The Labute approximate surface area is 139 Å². The van der Waals surface area contributed by atoms with Crippen LogP contribution in [-0.2, 0) is 25.7 Å². The van der Waals surface area contributed by atoms with Crippen molar-refractivity contribution < 1.29 is 4.79 Å². The molecule has 0 bridgehead atoms. The van der Waals surface area contributed by atoms with E-state index in [9.17, 15) is 4.79 Å². The maximum Gasteiger partial charge on any atom is 0.264 e. The largest absolute Gasteiger partial charge is 0.351 e. The third kappa shape index (κ3) is 3.55. The lowest BCUT2D eigenvalue weighted by Gasteiger charge is -2.17. The maximum atomic E-state index is 12.2. The summed E-state index contributed by atoms with van der Waals surface area (Å²) < 4.78 is 3.85. The standard InChI is InChI=1S/C16H21N5OS/c1-3-12-15(23-21-20-12)16(22)17-9-8-14-18-10(2)11-6-4-5-7-13(11)19-14/h3-9H2,1-2H3,(H,17,22). The van der Waals surface area contributed by atoms with Crippen molar-refractivity contribution >= 4 is 17.4 Å². The molecule has 0 aromatic carbocycles. The van der Waals surface area contributed by atoms with Gasteiger partial charge in [-0.2, -0.15) is 0 Å². The van der Waals surface area contributed by atoms with Crippen molar-refractivity contribution in [2.24, 2.45) is 0 Å². The number of carbonyl (C=O) groups is 1. The Morgan fingerprint density at radius 3 is 2.91 bits per heavy atom. The summed E-state index contributed by atoms with van der Waals surface area (Å²) in [5, 5.41) is 6.88. The third-order valence-corrected chi connectivity index (χ3v) is 4.93. The van der Waals surface area contributed by atoms with Crippen LogP contribution < -0.4 is 5.32 Å². The Hall–Kier alpha value is -1.89. The number of fused-ring (bicyclic) bond motifs is 1. The van der Waals surface area contributed by atoms with Gasteiger partial charge >= 0.3 is 0 Å². The number of hydrogen-bond donors (Lipinski definition) is 1. The number of aryl methyl sites for hydroxylation is 3. The Bertz CT molecular complexity index is 712. The summed E-state index contributed by atoms with van der Waals surface area (Å²) in [5.41, 5.74) is 4.38. The van der Waals surface area contributed by atoms with E-state index >= 15 is 0 Å². The zero-order chi connectivity index (χ0) is 16.2. The maximum absolute atomic E-state index is 12.2. The summed E-state index contributed by atoms with van der Waals surface area (Å²) in [4.78, 5) is 22.0. The molecule has 7 heteroatoms. The monoisotopic (exact) mass is 331 g/mol. The molecule has 0 fully saturated rings. The van der Waals surface area contributed by atoms with Crippen molar-refractivity contribution in [2.45, 2.75) is 52.4 Å². The quantitative estimate of drug-likeness (QED) is 0.907. The molecular weight excluding hydrogens is 310 g/mol. The number of rotatable bonds is 5. The van der Waals surface area contributed by atoms with E-state index in [0.717, 1.165) is 41.6 Å². The van der Waals surface area contributed by atoms with Gasteiger partial charge in [0.05, 0.1) is 5.69 Å². The highest BCUT2D eigenvalue weighted by molar-refractivity contribution is 7.08. The van der Waals surface area contributed by atoms with Crippen LogP contribution in [-0.4, -0.2) is 32.0 Å². The highest BCUT2D eigenvalue weighted by Gasteiger charge is 2.17. The van der Waals surface area contributed by atoms with Gasteiger partial charge in [-0.05, 0) is 56.1 Å². The van der Waals surface area contributed by atoms with Crippen LogP contribution in [0.3, 0.4) is 0 Å². The molecule has 0 aliphatic heterocycles. The first-order valence-electron chi connectivity index (χ1n) is 8.13. The minimum absolute atomic E-state index is 0.105. The van der Waals surface area contributed by atoms with Crippen molar-refractivity contribution in [3.05, 3.63) is 33.3 Å². The topological polar surface area (TPSA) is 80.7 Å². The SMILES string of the molecule is CCc1nnsc1C(=O)NCCc1nc(C)c2c(n1)CCCC2. The molecular formula is C16H21N5OS. The molecule has 2 heterocycles. The zero-order valence-electron chi connectivity index (χ0n) is 13.6. The van der Waals surface area contributed by atoms with E-state index in [1.807, 2.05) is 6.92 Å². The van der Waals surface area contributed by atoms with Gasteiger partial charge in [0.15, 0.2) is 0 Å². The van der Waals surface area contributed by atoms with Crippen LogP contribution in [0.5, 0.6) is 0 Å². The number of nitrogens with zero attached hydrogens (tertiary/aromatic N) is 4. The number of nitrogens with one attached hydrogen (secondary N) is 1. The van der Waals surface area contributed by atoms with Gasteiger partial charge in [0.25, 0.3) is 5.91 Å². The zero-order valence-corrected chi connectivity index (χ0v) is 14.4. The molecule has 1 aliphatic rings. The van der Waals surface area contributed by atoms with Gasteiger partial charge in [0, 0.05) is 24.4 Å². The summed E-state index contributed by atoms with van der Waals surface area (Å²) in [7, 11) is 0. The lowest BCUT2D eigenvalue weighted by molar-refractivity contribution is 0.0957. The first kappa shape index (κ1) is 16.0. The summed E-state index contributed by atoms with van der Waals surface area (Å²) in [6.07, 6.45) is 5.94. The Kier molecular flexibility index (Phi) is 4.95. The Morgan fingerprint density at radius 2 is 2.09 bits per heavy atom. The van der Waals surface area contributed by atoms with Crippen LogP contribution in [0.15, 0.2) is 0 Å². The number of aromatic nitrogens is 4. The van der Waals surface area contributed by atoms with E-state index in [1.54, 1.807) is 0 Å². The van der Waals surface area contributed by atoms with E-state index in [2.05, 4.69) is 31.8 Å². The second-order valence-corrected chi connectivity index (χ2v) is 6.52. The highest BCUT2D eigenvalue weighted by atomic mass is 32.1. The molecule has 2 aromatic rings. The van der Waals surface area contributed by atoms with Crippen molar-refractivity contribution in [3.8, 4) is 0 Å².